The lowest BCUT2D eigenvalue weighted by atomic mass is 9.97. The second-order valence-corrected chi connectivity index (χ2v) is 9.92. The standard InChI is InChI=1S/C19H26N6O2S/c26-28(27,24-10-1-2-11-24)16-7-8-17(20-13-16)23-9-3-5-15(14-23)19-22-21-18-6-4-12-25(18)19/h7-8,13,15H,1-6,9-12,14H2. The molecule has 8 nitrogen and oxygen atoms in total. The summed E-state index contributed by atoms with van der Waals surface area (Å²) in [7, 11) is -3.41. The van der Waals surface area contributed by atoms with Crippen LogP contribution in [0.25, 0.3) is 0 Å². The molecule has 0 amide bonds. The highest BCUT2D eigenvalue weighted by molar-refractivity contribution is 7.89. The molecule has 5 rings (SSSR count). The predicted molar refractivity (Wildman–Crippen MR) is 105 cm³/mol. The van der Waals surface area contributed by atoms with Crippen molar-refractivity contribution in [1.29, 1.82) is 0 Å². The van der Waals surface area contributed by atoms with E-state index >= 15 is 0 Å². The summed E-state index contributed by atoms with van der Waals surface area (Å²) in [6.07, 6.45) is 7.75. The maximum absolute atomic E-state index is 12.7. The topological polar surface area (TPSA) is 84.2 Å². The van der Waals surface area contributed by atoms with Gasteiger partial charge in [0.1, 0.15) is 22.4 Å². The van der Waals surface area contributed by atoms with Crippen LogP contribution in [0.3, 0.4) is 0 Å². The molecule has 0 aromatic carbocycles. The Hall–Kier alpha value is -2.00. The first-order valence-electron chi connectivity index (χ1n) is 10.3. The number of aromatic nitrogens is 4. The van der Waals surface area contributed by atoms with E-state index in [-0.39, 0.29) is 0 Å². The number of anilines is 1. The second kappa shape index (κ2) is 7.11. The Bertz CT molecular complexity index is 949. The van der Waals surface area contributed by atoms with Gasteiger partial charge in [0, 0.05) is 51.3 Å². The summed E-state index contributed by atoms with van der Waals surface area (Å²) < 4.78 is 29.2. The Kier molecular flexibility index (Phi) is 4.59. The van der Waals surface area contributed by atoms with Crippen molar-refractivity contribution in [1.82, 2.24) is 24.1 Å². The maximum Gasteiger partial charge on any atom is 0.244 e. The van der Waals surface area contributed by atoms with Crippen molar-refractivity contribution in [3.05, 3.63) is 30.0 Å². The Morgan fingerprint density at radius 1 is 0.964 bits per heavy atom. The summed E-state index contributed by atoms with van der Waals surface area (Å²) in [5.74, 6) is 3.40. The van der Waals surface area contributed by atoms with Gasteiger partial charge in [-0.1, -0.05) is 0 Å². The molecule has 0 spiro atoms. The fourth-order valence-electron chi connectivity index (χ4n) is 4.66. The number of hydrogen-bond donors (Lipinski definition) is 0. The van der Waals surface area contributed by atoms with E-state index in [4.69, 9.17) is 0 Å². The number of aryl methyl sites for hydroxylation is 1. The van der Waals surface area contributed by atoms with Gasteiger partial charge in [-0.05, 0) is 44.2 Å². The fraction of sp³-hybridized carbons (Fsp3) is 0.632. The summed E-state index contributed by atoms with van der Waals surface area (Å²) in [6.45, 7) is 4.03. The van der Waals surface area contributed by atoms with E-state index in [0.29, 0.717) is 23.9 Å². The lowest BCUT2D eigenvalue weighted by Crippen LogP contribution is -2.36. The quantitative estimate of drug-likeness (QED) is 0.775. The molecule has 2 aromatic heterocycles. The molecule has 3 aliphatic heterocycles. The van der Waals surface area contributed by atoms with Crippen LogP contribution < -0.4 is 4.90 Å². The number of sulfonamides is 1. The van der Waals surface area contributed by atoms with E-state index < -0.39 is 10.0 Å². The largest absolute Gasteiger partial charge is 0.356 e. The average molecular weight is 403 g/mol. The number of nitrogens with zero attached hydrogens (tertiary/aromatic N) is 6. The lowest BCUT2D eigenvalue weighted by molar-refractivity contribution is 0.470. The Morgan fingerprint density at radius 3 is 2.61 bits per heavy atom. The minimum Gasteiger partial charge on any atom is -0.356 e. The zero-order valence-corrected chi connectivity index (χ0v) is 16.8. The molecule has 1 unspecified atom stereocenters. The van der Waals surface area contributed by atoms with Crippen LogP contribution in [0.4, 0.5) is 5.82 Å². The van der Waals surface area contributed by atoms with Gasteiger partial charge in [0.2, 0.25) is 10.0 Å². The highest BCUT2D eigenvalue weighted by Gasteiger charge is 2.30. The zero-order valence-electron chi connectivity index (χ0n) is 16.0. The Labute approximate surface area is 165 Å². The molecule has 0 saturated carbocycles. The molecular weight excluding hydrogens is 376 g/mol. The molecule has 2 aromatic rings. The van der Waals surface area contributed by atoms with E-state index in [1.807, 2.05) is 6.07 Å². The van der Waals surface area contributed by atoms with Crippen LogP contribution in [0, 0.1) is 0 Å². The summed E-state index contributed by atoms with van der Waals surface area (Å²) in [5.41, 5.74) is 0. The van der Waals surface area contributed by atoms with E-state index in [1.165, 1.54) is 6.20 Å². The SMILES string of the molecule is O=S(=O)(c1ccc(N2CCCC(c3nnc4n3CCC4)C2)nc1)N1CCCC1. The van der Waals surface area contributed by atoms with Crippen molar-refractivity contribution in [2.45, 2.75) is 55.9 Å². The smallest absolute Gasteiger partial charge is 0.244 e. The molecule has 3 aliphatic rings. The van der Waals surface area contributed by atoms with Gasteiger partial charge in [0.25, 0.3) is 0 Å². The minimum absolute atomic E-state index is 0.294. The van der Waals surface area contributed by atoms with Crippen LogP contribution in [0.5, 0.6) is 0 Å². The molecule has 150 valence electrons. The highest BCUT2D eigenvalue weighted by atomic mass is 32.2. The van der Waals surface area contributed by atoms with Crippen molar-refractivity contribution in [2.24, 2.45) is 0 Å². The predicted octanol–water partition coefficient (Wildman–Crippen LogP) is 1.79. The normalized spacial score (nSPS) is 23.3. The molecule has 0 aliphatic carbocycles. The molecule has 2 fully saturated rings. The van der Waals surface area contributed by atoms with E-state index in [2.05, 4.69) is 24.6 Å². The van der Waals surface area contributed by atoms with Crippen molar-refractivity contribution < 1.29 is 8.42 Å². The summed E-state index contributed by atoms with van der Waals surface area (Å²) in [6, 6.07) is 3.55. The van der Waals surface area contributed by atoms with Crippen molar-refractivity contribution >= 4 is 15.8 Å². The van der Waals surface area contributed by atoms with Crippen LogP contribution in [-0.2, 0) is 23.0 Å². The molecule has 28 heavy (non-hydrogen) atoms. The first-order chi connectivity index (χ1) is 13.6. The summed E-state index contributed by atoms with van der Waals surface area (Å²) >= 11 is 0. The van der Waals surface area contributed by atoms with Crippen LogP contribution in [0.15, 0.2) is 23.2 Å². The van der Waals surface area contributed by atoms with Crippen LogP contribution in [-0.4, -0.2) is 58.7 Å². The first kappa shape index (κ1) is 18.1. The van der Waals surface area contributed by atoms with Gasteiger partial charge < -0.3 is 9.47 Å². The van der Waals surface area contributed by atoms with Gasteiger partial charge >= 0.3 is 0 Å². The number of rotatable bonds is 4. The number of fused-ring (bicyclic) bond motifs is 1. The Morgan fingerprint density at radius 2 is 1.82 bits per heavy atom. The molecule has 0 N–H and O–H groups in total. The van der Waals surface area contributed by atoms with Crippen LogP contribution in [0.2, 0.25) is 0 Å². The van der Waals surface area contributed by atoms with Crippen molar-refractivity contribution in [3.8, 4) is 0 Å². The van der Waals surface area contributed by atoms with Gasteiger partial charge in [-0.25, -0.2) is 13.4 Å². The molecule has 1 atom stereocenters. The lowest BCUT2D eigenvalue weighted by Gasteiger charge is -2.33. The number of piperidine rings is 1. The summed E-state index contributed by atoms with van der Waals surface area (Å²) in [4.78, 5) is 7.05. The van der Waals surface area contributed by atoms with Crippen molar-refractivity contribution in [3.63, 3.8) is 0 Å². The molecular formula is C19H26N6O2S. The summed E-state index contributed by atoms with van der Waals surface area (Å²) in [5, 5.41) is 8.81. The van der Waals surface area contributed by atoms with Gasteiger partial charge in [0.15, 0.2) is 0 Å². The third-order valence-electron chi connectivity index (χ3n) is 6.17. The molecule has 9 heteroatoms. The van der Waals surface area contributed by atoms with Gasteiger partial charge in [0.05, 0.1) is 0 Å². The third kappa shape index (κ3) is 3.10. The van der Waals surface area contributed by atoms with E-state index in [0.717, 1.165) is 75.6 Å². The van der Waals surface area contributed by atoms with Gasteiger partial charge in [-0.2, -0.15) is 4.31 Å². The Balaban J connectivity index is 1.33. The fourth-order valence-corrected chi connectivity index (χ4v) is 6.12. The van der Waals surface area contributed by atoms with E-state index in [9.17, 15) is 8.42 Å². The van der Waals surface area contributed by atoms with Gasteiger partial charge in [-0.15, -0.1) is 10.2 Å². The van der Waals surface area contributed by atoms with E-state index in [1.54, 1.807) is 10.4 Å². The van der Waals surface area contributed by atoms with Crippen LogP contribution >= 0.6 is 0 Å². The zero-order chi connectivity index (χ0) is 19.1. The van der Waals surface area contributed by atoms with Crippen LogP contribution in [0.1, 0.15) is 49.7 Å². The second-order valence-electron chi connectivity index (χ2n) is 7.98. The monoisotopic (exact) mass is 402 g/mol. The molecule has 2 saturated heterocycles. The van der Waals surface area contributed by atoms with Gasteiger partial charge in [-0.3, -0.25) is 0 Å². The maximum atomic E-state index is 12.7. The molecule has 0 bridgehead atoms. The number of pyridine rings is 1. The highest BCUT2D eigenvalue weighted by Crippen LogP contribution is 2.31. The average Bonchev–Trinajstić information content (AvgIpc) is 3.46. The third-order valence-corrected chi connectivity index (χ3v) is 8.05. The molecule has 5 heterocycles. The minimum atomic E-state index is -3.41. The molecule has 0 radical (unpaired) electrons. The first-order valence-corrected chi connectivity index (χ1v) is 11.7. The number of hydrogen-bond acceptors (Lipinski definition) is 6. The van der Waals surface area contributed by atoms with Crippen molar-refractivity contribution in [2.75, 3.05) is 31.1 Å².